The number of hydrogen-bond donors (Lipinski definition) is 1. The van der Waals surface area contributed by atoms with Gasteiger partial charge in [0.1, 0.15) is 0 Å². The van der Waals surface area contributed by atoms with Gasteiger partial charge in [0.05, 0.1) is 17.9 Å². The van der Waals surface area contributed by atoms with Gasteiger partial charge in [-0.1, -0.05) is 6.07 Å². The topological polar surface area (TPSA) is 32.7 Å². The van der Waals surface area contributed by atoms with Crippen LogP contribution in [0, 0.1) is 0 Å². The summed E-state index contributed by atoms with van der Waals surface area (Å²) in [4.78, 5) is 2.20. The number of halogens is 1. The van der Waals surface area contributed by atoms with Gasteiger partial charge in [-0.05, 0) is 53.4 Å². The zero-order valence-corrected chi connectivity index (χ0v) is 12.5. The minimum Gasteiger partial charge on any atom is -0.389 e. The minimum absolute atomic E-state index is 0.346. The first-order valence-corrected chi connectivity index (χ1v) is 7.17. The Bertz CT molecular complexity index is 403. The van der Waals surface area contributed by atoms with Gasteiger partial charge in [0.25, 0.3) is 0 Å². The van der Waals surface area contributed by atoms with E-state index in [0.717, 1.165) is 35.3 Å². The van der Waals surface area contributed by atoms with Crippen molar-refractivity contribution in [3.8, 4) is 0 Å². The lowest BCUT2D eigenvalue weighted by Gasteiger charge is -2.24. The van der Waals surface area contributed by atoms with Crippen molar-refractivity contribution >= 4 is 21.6 Å². The minimum atomic E-state index is -0.432. The first-order valence-electron chi connectivity index (χ1n) is 6.38. The van der Waals surface area contributed by atoms with Crippen LogP contribution in [0.4, 0.5) is 5.69 Å². The molecular weight excluding hydrogens is 294 g/mol. The molecule has 0 amide bonds. The molecule has 1 N–H and O–H groups in total. The highest BCUT2D eigenvalue weighted by Gasteiger charge is 2.18. The van der Waals surface area contributed by atoms with Gasteiger partial charge in [-0.3, -0.25) is 0 Å². The van der Waals surface area contributed by atoms with E-state index in [9.17, 15) is 5.11 Å². The number of likely N-dealkylation sites (N-methyl/N-ethyl adjacent to an activating group) is 1. The molecule has 2 rings (SSSR count). The van der Waals surface area contributed by atoms with Crippen LogP contribution in [0.15, 0.2) is 22.7 Å². The third-order valence-corrected chi connectivity index (χ3v) is 4.00. The molecule has 4 heteroatoms. The zero-order chi connectivity index (χ0) is 13.1. The summed E-state index contributed by atoms with van der Waals surface area (Å²) in [5, 5.41) is 9.55. The Morgan fingerprint density at radius 1 is 1.56 bits per heavy atom. The largest absolute Gasteiger partial charge is 0.389 e. The molecule has 1 unspecified atom stereocenters. The van der Waals surface area contributed by atoms with E-state index in [1.165, 1.54) is 6.42 Å². The molecule has 0 aliphatic carbocycles. The number of nitrogens with zero attached hydrogens (tertiary/aromatic N) is 1. The first kappa shape index (κ1) is 13.8. The van der Waals surface area contributed by atoms with Crippen molar-refractivity contribution < 1.29 is 9.84 Å². The van der Waals surface area contributed by atoms with E-state index in [-0.39, 0.29) is 0 Å². The van der Waals surface area contributed by atoms with E-state index in [1.54, 1.807) is 6.92 Å². The molecule has 1 heterocycles. The number of rotatable bonds is 4. The van der Waals surface area contributed by atoms with Crippen molar-refractivity contribution in [1.29, 1.82) is 0 Å². The van der Waals surface area contributed by atoms with E-state index >= 15 is 0 Å². The molecule has 1 aliphatic heterocycles. The van der Waals surface area contributed by atoms with Gasteiger partial charge in [-0.15, -0.1) is 0 Å². The summed E-state index contributed by atoms with van der Waals surface area (Å²) in [5.41, 5.74) is 2.06. The second kappa shape index (κ2) is 6.04. The highest BCUT2D eigenvalue weighted by Crippen LogP contribution is 2.29. The average molecular weight is 314 g/mol. The van der Waals surface area contributed by atoms with Gasteiger partial charge in [0.2, 0.25) is 0 Å². The van der Waals surface area contributed by atoms with Crippen LogP contribution in [-0.4, -0.2) is 31.4 Å². The van der Waals surface area contributed by atoms with Crippen LogP contribution >= 0.6 is 15.9 Å². The predicted molar refractivity (Wildman–Crippen MR) is 77.0 cm³/mol. The van der Waals surface area contributed by atoms with E-state index in [4.69, 9.17) is 4.74 Å². The fraction of sp³-hybridized carbons (Fsp3) is 0.571. The molecule has 1 aromatic rings. The Kier molecular flexibility index (Phi) is 4.65. The second-order valence-electron chi connectivity index (χ2n) is 4.90. The van der Waals surface area contributed by atoms with E-state index < -0.39 is 6.10 Å². The van der Waals surface area contributed by atoms with Crippen LogP contribution in [0.1, 0.15) is 31.4 Å². The van der Waals surface area contributed by atoms with Gasteiger partial charge in [-0.25, -0.2) is 0 Å². The van der Waals surface area contributed by atoms with Crippen molar-refractivity contribution in [2.75, 3.05) is 25.1 Å². The summed E-state index contributed by atoms with van der Waals surface area (Å²) in [6.45, 7) is 3.57. The number of anilines is 1. The van der Waals surface area contributed by atoms with Crippen LogP contribution in [0.2, 0.25) is 0 Å². The lowest BCUT2D eigenvalue weighted by atomic mass is 10.1. The van der Waals surface area contributed by atoms with Crippen molar-refractivity contribution in [3.05, 3.63) is 28.2 Å². The summed E-state index contributed by atoms with van der Waals surface area (Å²) in [7, 11) is 2.07. The third kappa shape index (κ3) is 3.25. The molecule has 2 atom stereocenters. The van der Waals surface area contributed by atoms with Crippen molar-refractivity contribution in [1.82, 2.24) is 0 Å². The van der Waals surface area contributed by atoms with Crippen molar-refractivity contribution in [2.45, 2.75) is 32.0 Å². The molecule has 0 radical (unpaired) electrons. The molecule has 1 fully saturated rings. The van der Waals surface area contributed by atoms with Crippen LogP contribution < -0.4 is 4.90 Å². The van der Waals surface area contributed by atoms with Crippen molar-refractivity contribution in [2.24, 2.45) is 0 Å². The smallest absolute Gasteiger partial charge is 0.0762 e. The highest BCUT2D eigenvalue weighted by molar-refractivity contribution is 9.10. The standard InChI is InChI=1S/C14H20BrNO2/c1-10(17)11-5-6-14(13(15)8-11)16(2)9-12-4-3-7-18-12/h5-6,8,10,12,17H,3-4,7,9H2,1-2H3/t10-,12?/m0/s1. The molecule has 0 spiro atoms. The lowest BCUT2D eigenvalue weighted by molar-refractivity contribution is 0.116. The van der Waals surface area contributed by atoms with E-state index in [1.807, 2.05) is 18.2 Å². The summed E-state index contributed by atoms with van der Waals surface area (Å²) >= 11 is 3.57. The highest BCUT2D eigenvalue weighted by atomic mass is 79.9. The van der Waals surface area contributed by atoms with Crippen molar-refractivity contribution in [3.63, 3.8) is 0 Å². The molecule has 0 bridgehead atoms. The summed E-state index contributed by atoms with van der Waals surface area (Å²) in [5.74, 6) is 0. The van der Waals surface area contributed by atoms with E-state index in [2.05, 4.69) is 27.9 Å². The lowest BCUT2D eigenvalue weighted by Crippen LogP contribution is -2.28. The Hall–Kier alpha value is -0.580. The molecule has 100 valence electrons. The van der Waals surface area contributed by atoms with Gasteiger partial charge >= 0.3 is 0 Å². The summed E-state index contributed by atoms with van der Waals surface area (Å²) in [6, 6.07) is 5.99. The number of aliphatic hydroxyl groups is 1. The molecule has 18 heavy (non-hydrogen) atoms. The van der Waals surface area contributed by atoms with Crippen LogP contribution in [-0.2, 0) is 4.74 Å². The molecule has 0 saturated carbocycles. The number of hydrogen-bond acceptors (Lipinski definition) is 3. The molecule has 0 aromatic heterocycles. The Balaban J connectivity index is 2.07. The van der Waals surface area contributed by atoms with Gasteiger partial charge in [0.15, 0.2) is 0 Å². The SMILES string of the molecule is C[C@H](O)c1ccc(N(C)CC2CCCO2)c(Br)c1. The predicted octanol–water partition coefficient (Wildman–Crippen LogP) is 3.12. The first-order chi connectivity index (χ1) is 8.58. The van der Waals surface area contributed by atoms with Crippen LogP contribution in [0.5, 0.6) is 0 Å². The number of benzene rings is 1. The van der Waals surface area contributed by atoms with Crippen LogP contribution in [0.25, 0.3) is 0 Å². The van der Waals surface area contributed by atoms with Gasteiger partial charge in [-0.2, -0.15) is 0 Å². The average Bonchev–Trinajstić information content (AvgIpc) is 2.81. The Morgan fingerprint density at radius 2 is 2.33 bits per heavy atom. The molecule has 1 saturated heterocycles. The van der Waals surface area contributed by atoms with Gasteiger partial charge in [0, 0.05) is 24.7 Å². The second-order valence-corrected chi connectivity index (χ2v) is 5.76. The third-order valence-electron chi connectivity index (χ3n) is 3.37. The maximum Gasteiger partial charge on any atom is 0.0762 e. The zero-order valence-electron chi connectivity index (χ0n) is 10.9. The monoisotopic (exact) mass is 313 g/mol. The maximum atomic E-state index is 9.55. The number of aliphatic hydroxyl groups excluding tert-OH is 1. The summed E-state index contributed by atoms with van der Waals surface area (Å²) < 4.78 is 6.67. The fourth-order valence-electron chi connectivity index (χ4n) is 2.28. The fourth-order valence-corrected chi connectivity index (χ4v) is 2.98. The number of ether oxygens (including phenoxy) is 1. The molecule has 3 nitrogen and oxygen atoms in total. The molecule has 1 aliphatic rings. The summed E-state index contributed by atoms with van der Waals surface area (Å²) in [6.07, 6.45) is 2.23. The quantitative estimate of drug-likeness (QED) is 0.927. The Labute approximate surface area is 117 Å². The van der Waals surface area contributed by atoms with Crippen LogP contribution in [0.3, 0.4) is 0 Å². The maximum absolute atomic E-state index is 9.55. The molecule has 1 aromatic carbocycles. The molecular formula is C14H20BrNO2. The van der Waals surface area contributed by atoms with Gasteiger partial charge < -0.3 is 14.7 Å². The van der Waals surface area contributed by atoms with E-state index in [0.29, 0.717) is 6.10 Å². The Morgan fingerprint density at radius 3 is 2.89 bits per heavy atom. The normalized spacial score (nSPS) is 21.0.